The van der Waals surface area contributed by atoms with Crippen LogP contribution in [0.15, 0.2) is 54.6 Å². The van der Waals surface area contributed by atoms with Crippen molar-refractivity contribution in [1.29, 1.82) is 0 Å². The van der Waals surface area contributed by atoms with Crippen molar-refractivity contribution in [2.45, 2.75) is 38.1 Å². The van der Waals surface area contributed by atoms with Gasteiger partial charge in [0.05, 0.1) is 12.0 Å². The standard InChI is InChI=1S/C28H26ClFN2O4/c1-28(2,3)20-8-6-17(14-21(20)29)32-25(15-4-9-22-23(12-15)36-11-10-35-22)24(26(31)33)18-7-5-16(30)13-19(18)27(32)34/h4-9,12-14,24-25H,10-11H2,1-3H3,(H2,31,33). The number of hydrogen-bond donors (Lipinski definition) is 1. The van der Waals surface area contributed by atoms with E-state index in [9.17, 15) is 14.0 Å². The molecule has 0 aromatic heterocycles. The molecule has 0 bridgehead atoms. The van der Waals surface area contributed by atoms with Crippen LogP contribution in [0, 0.1) is 5.82 Å². The van der Waals surface area contributed by atoms with Gasteiger partial charge in [0.2, 0.25) is 5.91 Å². The van der Waals surface area contributed by atoms with E-state index in [1.165, 1.54) is 17.0 Å². The molecule has 2 aliphatic heterocycles. The summed E-state index contributed by atoms with van der Waals surface area (Å²) >= 11 is 6.67. The number of rotatable bonds is 3. The average Bonchev–Trinajstić information content (AvgIpc) is 2.82. The second-order valence-corrected chi connectivity index (χ2v) is 10.5. The number of primary amides is 1. The number of carbonyl (C=O) groups excluding carboxylic acids is 2. The molecule has 8 heteroatoms. The van der Waals surface area contributed by atoms with E-state index in [4.69, 9.17) is 26.8 Å². The fraction of sp³-hybridized carbons (Fsp3) is 0.286. The molecule has 2 atom stereocenters. The predicted molar refractivity (Wildman–Crippen MR) is 135 cm³/mol. The van der Waals surface area contributed by atoms with E-state index < -0.39 is 29.6 Å². The van der Waals surface area contributed by atoms with Gasteiger partial charge < -0.3 is 15.2 Å². The molecule has 36 heavy (non-hydrogen) atoms. The smallest absolute Gasteiger partial charge is 0.259 e. The number of nitrogens with zero attached hydrogens (tertiary/aromatic N) is 1. The van der Waals surface area contributed by atoms with Gasteiger partial charge in [0.1, 0.15) is 19.0 Å². The molecule has 2 unspecified atom stereocenters. The fourth-order valence-electron chi connectivity index (χ4n) is 4.99. The third-order valence-electron chi connectivity index (χ3n) is 6.65. The lowest BCUT2D eigenvalue weighted by molar-refractivity contribution is -0.120. The highest BCUT2D eigenvalue weighted by Gasteiger charge is 2.45. The summed E-state index contributed by atoms with van der Waals surface area (Å²) in [5.74, 6) is -1.53. The molecule has 0 saturated heterocycles. The molecular weight excluding hydrogens is 483 g/mol. The minimum atomic E-state index is -0.943. The number of nitrogens with two attached hydrogens (primary N) is 1. The SMILES string of the molecule is CC(C)(C)c1ccc(N2C(=O)c3cc(F)ccc3C(C(N)=O)C2c2ccc3c(c2)OCCO3)cc1Cl. The van der Waals surface area contributed by atoms with Crippen LogP contribution in [-0.2, 0) is 10.2 Å². The average molecular weight is 509 g/mol. The summed E-state index contributed by atoms with van der Waals surface area (Å²) in [4.78, 5) is 28.3. The van der Waals surface area contributed by atoms with Gasteiger partial charge in [0, 0.05) is 16.3 Å². The topological polar surface area (TPSA) is 81.9 Å². The maximum absolute atomic E-state index is 14.2. The normalized spacial score (nSPS) is 19.1. The first kappa shape index (κ1) is 24.1. The maximum Gasteiger partial charge on any atom is 0.259 e. The van der Waals surface area contributed by atoms with Crippen LogP contribution in [0.3, 0.4) is 0 Å². The van der Waals surface area contributed by atoms with Crippen LogP contribution in [0.1, 0.15) is 59.8 Å². The summed E-state index contributed by atoms with van der Waals surface area (Å²) < 4.78 is 25.7. The van der Waals surface area contributed by atoms with Gasteiger partial charge >= 0.3 is 0 Å². The number of carbonyl (C=O) groups is 2. The Morgan fingerprint density at radius 2 is 1.75 bits per heavy atom. The van der Waals surface area contributed by atoms with Crippen molar-refractivity contribution in [3.05, 3.63) is 87.7 Å². The number of fused-ring (bicyclic) bond motifs is 2. The van der Waals surface area contributed by atoms with Crippen LogP contribution in [0.5, 0.6) is 11.5 Å². The Morgan fingerprint density at radius 1 is 1.03 bits per heavy atom. The summed E-state index contributed by atoms with van der Waals surface area (Å²) in [6, 6.07) is 13.7. The zero-order valence-electron chi connectivity index (χ0n) is 20.2. The first-order valence-corrected chi connectivity index (χ1v) is 12.1. The third-order valence-corrected chi connectivity index (χ3v) is 6.96. The van der Waals surface area contributed by atoms with Gasteiger partial charge in [-0.2, -0.15) is 0 Å². The molecule has 2 aliphatic rings. The van der Waals surface area contributed by atoms with E-state index in [0.717, 1.165) is 11.6 Å². The first-order chi connectivity index (χ1) is 17.1. The third kappa shape index (κ3) is 4.07. The summed E-state index contributed by atoms with van der Waals surface area (Å²) in [7, 11) is 0. The minimum Gasteiger partial charge on any atom is -0.486 e. The van der Waals surface area contributed by atoms with Crippen molar-refractivity contribution >= 4 is 29.1 Å². The fourth-order valence-corrected chi connectivity index (χ4v) is 5.45. The first-order valence-electron chi connectivity index (χ1n) is 11.7. The van der Waals surface area contributed by atoms with Crippen molar-refractivity contribution in [2.24, 2.45) is 5.73 Å². The van der Waals surface area contributed by atoms with Crippen molar-refractivity contribution in [3.63, 3.8) is 0 Å². The van der Waals surface area contributed by atoms with E-state index in [1.807, 2.05) is 26.8 Å². The van der Waals surface area contributed by atoms with Gasteiger partial charge in [-0.3, -0.25) is 14.5 Å². The Labute approximate surface area is 213 Å². The molecule has 0 spiro atoms. The number of benzene rings is 3. The minimum absolute atomic E-state index is 0.0867. The van der Waals surface area contributed by atoms with Gasteiger partial charge in [-0.15, -0.1) is 0 Å². The molecule has 0 saturated carbocycles. The molecule has 3 aromatic rings. The largest absolute Gasteiger partial charge is 0.486 e. The monoisotopic (exact) mass is 508 g/mol. The van der Waals surface area contributed by atoms with E-state index >= 15 is 0 Å². The highest BCUT2D eigenvalue weighted by atomic mass is 35.5. The van der Waals surface area contributed by atoms with Crippen LogP contribution in [0.25, 0.3) is 0 Å². The van der Waals surface area contributed by atoms with E-state index in [0.29, 0.717) is 46.5 Å². The second-order valence-electron chi connectivity index (χ2n) is 10.0. The van der Waals surface area contributed by atoms with Gasteiger partial charge in [-0.25, -0.2) is 4.39 Å². The predicted octanol–water partition coefficient (Wildman–Crippen LogP) is 5.52. The Balaban J connectivity index is 1.74. The van der Waals surface area contributed by atoms with E-state index in [-0.39, 0.29) is 11.0 Å². The van der Waals surface area contributed by atoms with Crippen molar-refractivity contribution in [1.82, 2.24) is 0 Å². The van der Waals surface area contributed by atoms with Crippen LogP contribution in [0.2, 0.25) is 5.02 Å². The van der Waals surface area contributed by atoms with Gasteiger partial charge in [0.15, 0.2) is 11.5 Å². The molecule has 5 rings (SSSR count). The molecule has 0 radical (unpaired) electrons. The Kier molecular flexibility index (Phi) is 5.91. The maximum atomic E-state index is 14.2. The molecule has 0 aliphatic carbocycles. The highest BCUT2D eigenvalue weighted by Crippen LogP contribution is 2.47. The Hall–Kier alpha value is -3.58. The zero-order valence-corrected chi connectivity index (χ0v) is 20.9. The van der Waals surface area contributed by atoms with Gasteiger partial charge in [0.25, 0.3) is 5.91 Å². The molecule has 2 heterocycles. The summed E-state index contributed by atoms with van der Waals surface area (Å²) in [6.45, 7) is 6.94. The van der Waals surface area contributed by atoms with Crippen LogP contribution < -0.4 is 20.1 Å². The lowest BCUT2D eigenvalue weighted by atomic mass is 9.78. The van der Waals surface area contributed by atoms with E-state index in [1.54, 1.807) is 30.3 Å². The van der Waals surface area contributed by atoms with Crippen molar-refractivity contribution in [2.75, 3.05) is 18.1 Å². The Morgan fingerprint density at radius 3 is 2.42 bits per heavy atom. The molecule has 2 N–H and O–H groups in total. The van der Waals surface area contributed by atoms with Crippen LogP contribution >= 0.6 is 11.6 Å². The second kappa shape index (κ2) is 8.82. The number of halogens is 2. The summed E-state index contributed by atoms with van der Waals surface area (Å²) in [6.07, 6.45) is 0. The van der Waals surface area contributed by atoms with Crippen molar-refractivity contribution < 1.29 is 23.5 Å². The van der Waals surface area contributed by atoms with Crippen LogP contribution in [-0.4, -0.2) is 25.0 Å². The van der Waals surface area contributed by atoms with Gasteiger partial charge in [-0.1, -0.05) is 50.6 Å². The summed E-state index contributed by atoms with van der Waals surface area (Å²) in [5, 5.41) is 0.481. The number of ether oxygens (including phenoxy) is 2. The number of hydrogen-bond acceptors (Lipinski definition) is 4. The molecule has 0 fully saturated rings. The van der Waals surface area contributed by atoms with Gasteiger partial charge in [-0.05, 0) is 58.5 Å². The highest BCUT2D eigenvalue weighted by molar-refractivity contribution is 6.32. The molecule has 3 aromatic carbocycles. The number of anilines is 1. The summed E-state index contributed by atoms with van der Waals surface area (Å²) in [5.41, 5.74) is 8.18. The molecule has 6 nitrogen and oxygen atoms in total. The molecule has 186 valence electrons. The zero-order chi connectivity index (χ0) is 25.8. The molecule has 2 amide bonds. The lowest BCUT2D eigenvalue weighted by Gasteiger charge is -2.41. The Bertz CT molecular complexity index is 1380. The number of amides is 2. The van der Waals surface area contributed by atoms with Crippen LogP contribution in [0.4, 0.5) is 10.1 Å². The van der Waals surface area contributed by atoms with E-state index in [2.05, 4.69) is 0 Å². The quantitative estimate of drug-likeness (QED) is 0.505. The lowest BCUT2D eigenvalue weighted by Crippen LogP contribution is -2.46. The van der Waals surface area contributed by atoms with Crippen molar-refractivity contribution in [3.8, 4) is 11.5 Å². The molecular formula is C28H26ClFN2O4.